The van der Waals surface area contributed by atoms with Crippen molar-refractivity contribution in [1.82, 2.24) is 4.57 Å². The van der Waals surface area contributed by atoms with Crippen molar-refractivity contribution in [2.24, 2.45) is 0 Å². The van der Waals surface area contributed by atoms with Gasteiger partial charge in [0.25, 0.3) is 0 Å². The number of hydrogen-bond acceptors (Lipinski definition) is 1. The molecule has 3 nitrogen and oxygen atoms in total. The first-order chi connectivity index (χ1) is 12.3. The molecule has 0 saturated carbocycles. The highest BCUT2D eigenvalue weighted by Gasteiger charge is 2.14. The number of quaternary nitrogens is 1. The molecule has 0 aliphatic rings. The van der Waals surface area contributed by atoms with E-state index < -0.39 is 0 Å². The van der Waals surface area contributed by atoms with Crippen LogP contribution in [0.1, 0.15) is 5.56 Å². The van der Waals surface area contributed by atoms with E-state index in [0.717, 1.165) is 6.54 Å². The molecule has 3 aromatic carbocycles. The zero-order chi connectivity index (χ0) is 17.1. The molecule has 1 heterocycles. The number of aliphatic hydroxyl groups is 1. The fourth-order valence-corrected chi connectivity index (χ4v) is 3.54. The van der Waals surface area contributed by atoms with Gasteiger partial charge in [-0.05, 0) is 12.1 Å². The molecular weight excluding hydrogens is 308 g/mol. The van der Waals surface area contributed by atoms with E-state index in [1.54, 1.807) is 0 Å². The highest BCUT2D eigenvalue weighted by molar-refractivity contribution is 6.07. The van der Waals surface area contributed by atoms with Crippen molar-refractivity contribution in [1.29, 1.82) is 0 Å². The SMILES string of the molecule is O[C@H](C[NH2+]Cc1ccccc1)Cn1c2ccccc2c2ccccc21. The number of aromatic nitrogens is 1. The number of hydrogen-bond donors (Lipinski definition) is 2. The molecule has 0 spiro atoms. The zero-order valence-electron chi connectivity index (χ0n) is 14.2. The molecule has 0 radical (unpaired) electrons. The van der Waals surface area contributed by atoms with E-state index in [9.17, 15) is 5.11 Å². The summed E-state index contributed by atoms with van der Waals surface area (Å²) in [7, 11) is 0. The first-order valence-corrected chi connectivity index (χ1v) is 8.82. The summed E-state index contributed by atoms with van der Waals surface area (Å²) in [5, 5.41) is 15.2. The molecule has 1 aromatic heterocycles. The van der Waals surface area contributed by atoms with Gasteiger partial charge in [0.1, 0.15) is 19.2 Å². The number of nitrogens with zero attached hydrogens (tertiary/aromatic N) is 1. The molecule has 0 aliphatic heterocycles. The lowest BCUT2D eigenvalue weighted by molar-refractivity contribution is -0.676. The van der Waals surface area contributed by atoms with Gasteiger partial charge in [-0.25, -0.2) is 0 Å². The van der Waals surface area contributed by atoms with Crippen molar-refractivity contribution in [3.63, 3.8) is 0 Å². The third-order valence-electron chi connectivity index (χ3n) is 4.73. The van der Waals surface area contributed by atoms with E-state index in [0.29, 0.717) is 13.1 Å². The maximum absolute atomic E-state index is 10.6. The van der Waals surface area contributed by atoms with Crippen LogP contribution >= 0.6 is 0 Å². The molecule has 4 rings (SSSR count). The van der Waals surface area contributed by atoms with Crippen LogP contribution in [0.15, 0.2) is 78.9 Å². The second-order valence-corrected chi connectivity index (χ2v) is 6.51. The number of para-hydroxylation sites is 2. The summed E-state index contributed by atoms with van der Waals surface area (Å²) >= 11 is 0. The van der Waals surface area contributed by atoms with E-state index in [1.165, 1.54) is 27.4 Å². The molecule has 0 unspecified atom stereocenters. The Hall–Kier alpha value is -2.62. The number of rotatable bonds is 6. The van der Waals surface area contributed by atoms with Crippen LogP contribution in [0.2, 0.25) is 0 Å². The molecule has 0 amide bonds. The number of nitrogens with two attached hydrogens (primary N) is 1. The maximum atomic E-state index is 10.6. The molecule has 3 N–H and O–H groups in total. The Bertz CT molecular complexity index is 922. The summed E-state index contributed by atoms with van der Waals surface area (Å²) in [6, 6.07) is 27.2. The van der Waals surface area contributed by atoms with Gasteiger partial charge in [-0.15, -0.1) is 0 Å². The quantitative estimate of drug-likeness (QED) is 0.560. The Labute approximate surface area is 147 Å². The Balaban J connectivity index is 1.51. The van der Waals surface area contributed by atoms with Gasteiger partial charge in [-0.3, -0.25) is 0 Å². The van der Waals surface area contributed by atoms with Crippen LogP contribution in [0.4, 0.5) is 0 Å². The summed E-state index contributed by atoms with van der Waals surface area (Å²) in [5.74, 6) is 0. The third-order valence-corrected chi connectivity index (χ3v) is 4.73. The maximum Gasteiger partial charge on any atom is 0.121 e. The molecule has 0 saturated heterocycles. The van der Waals surface area contributed by atoms with Gasteiger partial charge in [-0.1, -0.05) is 66.7 Å². The summed E-state index contributed by atoms with van der Waals surface area (Å²) in [6.07, 6.45) is -0.386. The second kappa shape index (κ2) is 7.09. The molecule has 0 bridgehead atoms. The van der Waals surface area contributed by atoms with Crippen LogP contribution in [0.5, 0.6) is 0 Å². The summed E-state index contributed by atoms with van der Waals surface area (Å²) in [4.78, 5) is 0. The smallest absolute Gasteiger partial charge is 0.121 e. The molecule has 4 aromatic rings. The van der Waals surface area contributed by atoms with Crippen LogP contribution in [-0.4, -0.2) is 22.3 Å². The van der Waals surface area contributed by atoms with Crippen molar-refractivity contribution >= 4 is 21.8 Å². The van der Waals surface area contributed by atoms with Gasteiger partial charge in [0, 0.05) is 27.4 Å². The minimum atomic E-state index is -0.386. The molecule has 0 aliphatic carbocycles. The van der Waals surface area contributed by atoms with Gasteiger partial charge in [0.05, 0.1) is 6.54 Å². The van der Waals surface area contributed by atoms with Crippen molar-refractivity contribution < 1.29 is 10.4 Å². The summed E-state index contributed by atoms with van der Waals surface area (Å²) in [6.45, 7) is 2.19. The van der Waals surface area contributed by atoms with Crippen LogP contribution in [0.3, 0.4) is 0 Å². The van der Waals surface area contributed by atoms with Gasteiger partial charge in [0.2, 0.25) is 0 Å². The lowest BCUT2D eigenvalue weighted by Gasteiger charge is -2.13. The lowest BCUT2D eigenvalue weighted by Crippen LogP contribution is -2.85. The normalized spacial score (nSPS) is 12.7. The van der Waals surface area contributed by atoms with Gasteiger partial charge in [-0.2, -0.15) is 0 Å². The average Bonchev–Trinajstić information content (AvgIpc) is 2.97. The van der Waals surface area contributed by atoms with E-state index >= 15 is 0 Å². The minimum absolute atomic E-state index is 0.386. The summed E-state index contributed by atoms with van der Waals surface area (Å²) < 4.78 is 2.24. The molecular formula is C22H23N2O+. The zero-order valence-corrected chi connectivity index (χ0v) is 14.2. The Morgan fingerprint density at radius 2 is 1.32 bits per heavy atom. The Kier molecular flexibility index (Phi) is 4.51. The third kappa shape index (κ3) is 3.29. The predicted octanol–water partition coefficient (Wildman–Crippen LogP) is 2.92. The molecule has 0 fully saturated rings. The topological polar surface area (TPSA) is 41.8 Å². The molecule has 25 heavy (non-hydrogen) atoms. The number of benzene rings is 3. The Morgan fingerprint density at radius 3 is 1.96 bits per heavy atom. The predicted molar refractivity (Wildman–Crippen MR) is 102 cm³/mol. The number of fused-ring (bicyclic) bond motifs is 3. The minimum Gasteiger partial charge on any atom is -0.385 e. The van der Waals surface area contributed by atoms with E-state index in [2.05, 4.69) is 82.7 Å². The van der Waals surface area contributed by atoms with Crippen molar-refractivity contribution in [3.05, 3.63) is 84.4 Å². The second-order valence-electron chi connectivity index (χ2n) is 6.51. The van der Waals surface area contributed by atoms with E-state index in [4.69, 9.17) is 0 Å². The van der Waals surface area contributed by atoms with Gasteiger partial charge >= 0.3 is 0 Å². The van der Waals surface area contributed by atoms with Crippen molar-refractivity contribution in [2.45, 2.75) is 19.2 Å². The first kappa shape index (κ1) is 15.9. The molecule has 126 valence electrons. The fourth-order valence-electron chi connectivity index (χ4n) is 3.54. The average molecular weight is 331 g/mol. The van der Waals surface area contributed by atoms with E-state index in [-0.39, 0.29) is 6.10 Å². The van der Waals surface area contributed by atoms with Crippen molar-refractivity contribution in [3.8, 4) is 0 Å². The monoisotopic (exact) mass is 331 g/mol. The number of aliphatic hydroxyl groups excluding tert-OH is 1. The molecule has 1 atom stereocenters. The van der Waals surface area contributed by atoms with Gasteiger partial charge in [0.15, 0.2) is 0 Å². The highest BCUT2D eigenvalue weighted by Crippen LogP contribution is 2.28. The van der Waals surface area contributed by atoms with Crippen LogP contribution in [0, 0.1) is 0 Å². The van der Waals surface area contributed by atoms with Crippen LogP contribution in [0.25, 0.3) is 21.8 Å². The highest BCUT2D eigenvalue weighted by atomic mass is 16.3. The largest absolute Gasteiger partial charge is 0.385 e. The lowest BCUT2D eigenvalue weighted by atomic mass is 10.2. The standard InChI is InChI=1S/C22H22N2O/c25-18(15-23-14-17-8-2-1-3-9-17)16-24-21-12-6-4-10-19(21)20-11-5-7-13-22(20)24/h1-13,18,23,25H,14-16H2/p+1/t18-/m1/s1. The summed E-state index contributed by atoms with van der Waals surface area (Å²) in [5.41, 5.74) is 3.66. The van der Waals surface area contributed by atoms with E-state index in [1.807, 2.05) is 6.07 Å². The van der Waals surface area contributed by atoms with Crippen molar-refractivity contribution in [2.75, 3.05) is 6.54 Å². The molecule has 3 heteroatoms. The fraction of sp³-hybridized carbons (Fsp3) is 0.182. The Morgan fingerprint density at radius 1 is 0.760 bits per heavy atom. The van der Waals surface area contributed by atoms with Gasteiger partial charge < -0.3 is 15.0 Å². The first-order valence-electron chi connectivity index (χ1n) is 8.82. The van der Waals surface area contributed by atoms with Crippen LogP contribution < -0.4 is 5.32 Å². The van der Waals surface area contributed by atoms with Crippen LogP contribution in [-0.2, 0) is 13.1 Å².